The average Bonchev–Trinajstić information content (AvgIpc) is 3.38. The van der Waals surface area contributed by atoms with E-state index in [1.807, 2.05) is 26.0 Å². The van der Waals surface area contributed by atoms with E-state index < -0.39 is 0 Å². The Hall–Kier alpha value is -1.78. The van der Waals surface area contributed by atoms with Crippen LogP contribution in [0.25, 0.3) is 16.5 Å². The minimum Gasteiger partial charge on any atom is -0.492 e. The van der Waals surface area contributed by atoms with Gasteiger partial charge in [-0.15, -0.1) is 12.4 Å². The third-order valence-electron chi connectivity index (χ3n) is 5.01. The van der Waals surface area contributed by atoms with Crippen molar-refractivity contribution in [3.05, 3.63) is 46.0 Å². The number of ether oxygens (including phenoxy) is 1. The predicted molar refractivity (Wildman–Crippen MR) is 108 cm³/mol. The number of fused-ring (bicyclic) bond motifs is 1. The molecule has 0 saturated heterocycles. The molecule has 26 heavy (non-hydrogen) atoms. The zero-order chi connectivity index (χ0) is 17.7. The minimum atomic E-state index is 0. The lowest BCUT2D eigenvalue weighted by molar-refractivity contribution is 0.340. The Balaban J connectivity index is 0.00000196. The average molecular weight is 392 g/mol. The number of hydrogen-bond donors (Lipinski definition) is 0. The highest BCUT2D eigenvalue weighted by molar-refractivity contribution is 6.32. The van der Waals surface area contributed by atoms with Crippen LogP contribution in [-0.4, -0.2) is 21.4 Å². The van der Waals surface area contributed by atoms with Crippen LogP contribution in [0.1, 0.15) is 48.5 Å². The summed E-state index contributed by atoms with van der Waals surface area (Å²) >= 11 is 6.42. The summed E-state index contributed by atoms with van der Waals surface area (Å²) in [6.07, 6.45) is 2.43. The number of rotatable bonds is 4. The summed E-state index contributed by atoms with van der Waals surface area (Å²) in [5.74, 6) is 1.28. The summed E-state index contributed by atoms with van der Waals surface area (Å²) in [4.78, 5) is 0. The fraction of sp³-hybridized carbons (Fsp3) is 0.400. The van der Waals surface area contributed by atoms with E-state index in [9.17, 15) is 0 Å². The van der Waals surface area contributed by atoms with Crippen molar-refractivity contribution in [2.45, 2.75) is 46.5 Å². The van der Waals surface area contributed by atoms with Crippen LogP contribution in [0.4, 0.5) is 0 Å². The predicted octanol–water partition coefficient (Wildman–Crippen LogP) is 5.70. The fourth-order valence-corrected chi connectivity index (χ4v) is 3.98. The normalized spacial score (nSPS) is 13.7. The second-order valence-electron chi connectivity index (χ2n) is 6.75. The highest BCUT2D eigenvalue weighted by atomic mass is 35.5. The van der Waals surface area contributed by atoms with Crippen molar-refractivity contribution in [1.82, 2.24) is 14.8 Å². The van der Waals surface area contributed by atoms with Crippen molar-refractivity contribution >= 4 is 34.8 Å². The van der Waals surface area contributed by atoms with Crippen molar-refractivity contribution in [1.29, 1.82) is 0 Å². The molecule has 138 valence electrons. The molecule has 6 heteroatoms. The summed E-state index contributed by atoms with van der Waals surface area (Å²) in [5, 5.41) is 12.1. The zero-order valence-corrected chi connectivity index (χ0v) is 17.0. The molecule has 0 aliphatic heterocycles. The number of hydrogen-bond acceptors (Lipinski definition) is 3. The van der Waals surface area contributed by atoms with Gasteiger partial charge in [-0.05, 0) is 58.7 Å². The van der Waals surface area contributed by atoms with Crippen LogP contribution in [0.2, 0.25) is 5.02 Å². The number of aromatic nitrogens is 3. The summed E-state index contributed by atoms with van der Waals surface area (Å²) in [6.45, 7) is 8.90. The van der Waals surface area contributed by atoms with Crippen molar-refractivity contribution in [2.24, 2.45) is 0 Å². The van der Waals surface area contributed by atoms with Crippen LogP contribution in [-0.2, 0) is 0 Å². The van der Waals surface area contributed by atoms with Gasteiger partial charge in [0, 0.05) is 33.8 Å². The molecule has 0 spiro atoms. The van der Waals surface area contributed by atoms with Gasteiger partial charge in [0.05, 0.1) is 23.0 Å². The Morgan fingerprint density at radius 3 is 2.42 bits per heavy atom. The number of benzene rings is 1. The van der Waals surface area contributed by atoms with E-state index in [1.165, 1.54) is 35.0 Å². The molecule has 0 radical (unpaired) electrons. The maximum absolute atomic E-state index is 6.42. The van der Waals surface area contributed by atoms with E-state index in [1.54, 1.807) is 0 Å². The highest BCUT2D eigenvalue weighted by Crippen LogP contribution is 2.44. The van der Waals surface area contributed by atoms with Gasteiger partial charge in [-0.3, -0.25) is 0 Å². The molecule has 0 bridgehead atoms. The first-order chi connectivity index (χ1) is 12.0. The maximum Gasteiger partial charge on any atom is 0.138 e. The van der Waals surface area contributed by atoms with Gasteiger partial charge in [0.2, 0.25) is 0 Å². The van der Waals surface area contributed by atoms with Crippen LogP contribution < -0.4 is 4.74 Å². The van der Waals surface area contributed by atoms with Gasteiger partial charge < -0.3 is 9.30 Å². The summed E-state index contributed by atoms with van der Waals surface area (Å²) in [7, 11) is 0. The maximum atomic E-state index is 6.42. The molecule has 2 heterocycles. The molecule has 1 aliphatic carbocycles. The summed E-state index contributed by atoms with van der Waals surface area (Å²) < 4.78 is 7.82. The Bertz CT molecular complexity index is 977. The Morgan fingerprint density at radius 2 is 1.81 bits per heavy atom. The van der Waals surface area contributed by atoms with Gasteiger partial charge in [0.1, 0.15) is 5.75 Å². The van der Waals surface area contributed by atoms with E-state index in [4.69, 9.17) is 16.3 Å². The second kappa shape index (κ2) is 7.09. The van der Waals surface area contributed by atoms with Crippen LogP contribution in [0.15, 0.2) is 18.2 Å². The molecule has 0 unspecified atom stereocenters. The van der Waals surface area contributed by atoms with E-state index in [0.717, 1.165) is 22.8 Å². The molecule has 2 aromatic heterocycles. The molecule has 1 fully saturated rings. The van der Waals surface area contributed by atoms with Crippen molar-refractivity contribution in [3.8, 4) is 11.4 Å². The van der Waals surface area contributed by atoms with Crippen LogP contribution >= 0.6 is 24.0 Å². The topological polar surface area (TPSA) is 39.9 Å². The quantitative estimate of drug-likeness (QED) is 0.572. The molecule has 0 atom stereocenters. The lowest BCUT2D eigenvalue weighted by atomic mass is 10.1. The van der Waals surface area contributed by atoms with E-state index >= 15 is 0 Å². The van der Waals surface area contributed by atoms with Gasteiger partial charge >= 0.3 is 0 Å². The van der Waals surface area contributed by atoms with E-state index in [2.05, 4.69) is 34.7 Å². The van der Waals surface area contributed by atoms with E-state index in [0.29, 0.717) is 17.5 Å². The Labute approximate surface area is 164 Å². The Kier molecular flexibility index (Phi) is 5.18. The standard InChI is InChI=1S/C20H22ClN3O.ClH/c1-5-25-17-9-8-15(10-16(17)21)24-12(3)18-11(2)22-23-20(14-6-7-14)19(18)13(24)4;/h8-10,14H,5-7H2,1-4H3;1H. The molecular weight excluding hydrogens is 369 g/mol. The SMILES string of the molecule is CCOc1ccc(-n2c(C)c3c(C)nnc(C4CC4)c3c2C)cc1Cl.Cl. The monoisotopic (exact) mass is 391 g/mol. The molecule has 0 amide bonds. The van der Waals surface area contributed by atoms with Crippen molar-refractivity contribution in [3.63, 3.8) is 0 Å². The van der Waals surface area contributed by atoms with E-state index in [-0.39, 0.29) is 12.4 Å². The van der Waals surface area contributed by atoms with Gasteiger partial charge in [-0.2, -0.15) is 10.2 Å². The van der Waals surface area contributed by atoms with Gasteiger partial charge in [-0.25, -0.2) is 0 Å². The molecule has 4 rings (SSSR count). The lowest BCUT2D eigenvalue weighted by Crippen LogP contribution is -2.00. The number of aryl methyl sites for hydroxylation is 3. The Morgan fingerprint density at radius 1 is 1.12 bits per heavy atom. The first kappa shape index (κ1) is 19.0. The van der Waals surface area contributed by atoms with Crippen molar-refractivity contribution < 1.29 is 4.74 Å². The third-order valence-corrected chi connectivity index (χ3v) is 5.30. The molecule has 1 aliphatic rings. The van der Waals surface area contributed by atoms with Crippen LogP contribution in [0.5, 0.6) is 5.75 Å². The van der Waals surface area contributed by atoms with Gasteiger partial charge in [0.25, 0.3) is 0 Å². The zero-order valence-electron chi connectivity index (χ0n) is 15.5. The first-order valence-electron chi connectivity index (χ1n) is 8.80. The lowest BCUT2D eigenvalue weighted by Gasteiger charge is -2.12. The minimum absolute atomic E-state index is 0. The molecule has 1 saturated carbocycles. The molecule has 3 aromatic rings. The summed E-state index contributed by atoms with van der Waals surface area (Å²) in [6, 6.07) is 5.97. The molecular formula is C20H23Cl2N3O. The highest BCUT2D eigenvalue weighted by Gasteiger charge is 2.30. The smallest absolute Gasteiger partial charge is 0.138 e. The van der Waals surface area contributed by atoms with Gasteiger partial charge in [-0.1, -0.05) is 11.6 Å². The van der Waals surface area contributed by atoms with Crippen LogP contribution in [0, 0.1) is 20.8 Å². The number of nitrogens with zero attached hydrogens (tertiary/aromatic N) is 3. The third kappa shape index (κ3) is 2.95. The van der Waals surface area contributed by atoms with Gasteiger partial charge in [0.15, 0.2) is 0 Å². The molecule has 1 aromatic carbocycles. The fourth-order valence-electron chi connectivity index (χ4n) is 3.75. The second-order valence-corrected chi connectivity index (χ2v) is 7.16. The van der Waals surface area contributed by atoms with Crippen LogP contribution in [0.3, 0.4) is 0 Å². The molecule has 4 nitrogen and oxygen atoms in total. The van der Waals surface area contributed by atoms with Crippen molar-refractivity contribution in [2.75, 3.05) is 6.61 Å². The number of halogens is 2. The summed E-state index contributed by atoms with van der Waals surface area (Å²) in [5.41, 5.74) is 5.56. The largest absolute Gasteiger partial charge is 0.492 e. The molecule has 0 N–H and O–H groups in total. The first-order valence-corrected chi connectivity index (χ1v) is 9.18.